The first-order chi connectivity index (χ1) is 13.6. The molecule has 0 N–H and O–H groups in total. The second-order valence-corrected chi connectivity index (χ2v) is 8.27. The van der Waals surface area contributed by atoms with Crippen molar-refractivity contribution in [1.29, 1.82) is 0 Å². The first kappa shape index (κ1) is 18.8. The van der Waals surface area contributed by atoms with Gasteiger partial charge in [0.25, 0.3) is 5.69 Å². The van der Waals surface area contributed by atoms with Crippen molar-refractivity contribution >= 4 is 51.2 Å². The number of nitro benzene ring substituents is 1. The smallest absolute Gasteiger partial charge is 0.269 e. The Kier molecular flexibility index (Phi) is 5.53. The summed E-state index contributed by atoms with van der Waals surface area (Å²) in [5, 5.41) is 11.6. The van der Waals surface area contributed by atoms with Gasteiger partial charge in [-0.1, -0.05) is 36.0 Å². The molecule has 4 aromatic rings. The van der Waals surface area contributed by atoms with Crippen molar-refractivity contribution in [3.8, 4) is 0 Å². The summed E-state index contributed by atoms with van der Waals surface area (Å²) >= 11 is 3.83. The van der Waals surface area contributed by atoms with Gasteiger partial charge in [0.1, 0.15) is 16.9 Å². The molecule has 0 saturated heterocycles. The summed E-state index contributed by atoms with van der Waals surface area (Å²) in [5.41, 5.74) is 3.81. The van der Waals surface area contributed by atoms with Crippen LogP contribution in [0.3, 0.4) is 0 Å². The van der Waals surface area contributed by atoms with Crippen LogP contribution in [0, 0.1) is 13.7 Å². The van der Waals surface area contributed by atoms with Crippen LogP contribution in [0.1, 0.15) is 11.1 Å². The van der Waals surface area contributed by atoms with Crippen LogP contribution in [-0.4, -0.2) is 24.4 Å². The molecule has 28 heavy (non-hydrogen) atoms. The fraction of sp³-hybridized carbons (Fsp3) is 0.105. The van der Waals surface area contributed by atoms with Gasteiger partial charge in [-0.15, -0.1) is 0 Å². The van der Waals surface area contributed by atoms with Crippen molar-refractivity contribution in [3.05, 3.63) is 86.0 Å². The van der Waals surface area contributed by atoms with Crippen LogP contribution >= 0.6 is 34.4 Å². The van der Waals surface area contributed by atoms with Crippen molar-refractivity contribution in [3.63, 3.8) is 0 Å². The number of benzene rings is 2. The fourth-order valence-corrected chi connectivity index (χ4v) is 3.99. The molecule has 7 nitrogen and oxygen atoms in total. The minimum Gasteiger partial charge on any atom is -0.311 e. The lowest BCUT2D eigenvalue weighted by Crippen LogP contribution is -1.99. The van der Waals surface area contributed by atoms with E-state index in [1.807, 2.05) is 4.57 Å². The van der Waals surface area contributed by atoms with Crippen LogP contribution in [0.25, 0.3) is 11.2 Å². The van der Waals surface area contributed by atoms with E-state index >= 15 is 0 Å². The molecule has 0 aliphatic rings. The van der Waals surface area contributed by atoms with Gasteiger partial charge in [0.2, 0.25) is 0 Å². The third-order valence-corrected chi connectivity index (χ3v) is 5.93. The highest BCUT2D eigenvalue weighted by molar-refractivity contribution is 14.1. The number of hydrogen-bond donors (Lipinski definition) is 0. The number of hydrogen-bond acceptors (Lipinski definition) is 6. The molecular weight excluding hydrogens is 489 g/mol. The number of nitro groups is 1. The molecule has 0 aliphatic carbocycles. The van der Waals surface area contributed by atoms with Gasteiger partial charge in [0, 0.05) is 21.5 Å². The Hall–Kier alpha value is -2.53. The van der Waals surface area contributed by atoms with Crippen LogP contribution in [-0.2, 0) is 12.3 Å². The zero-order valence-corrected chi connectivity index (χ0v) is 17.5. The van der Waals surface area contributed by atoms with Crippen molar-refractivity contribution in [2.45, 2.75) is 17.3 Å². The van der Waals surface area contributed by atoms with Crippen LogP contribution in [0.5, 0.6) is 0 Å². The highest BCUT2D eigenvalue weighted by Crippen LogP contribution is 2.27. The molecule has 0 bridgehead atoms. The maximum Gasteiger partial charge on any atom is 0.269 e. The largest absolute Gasteiger partial charge is 0.311 e. The monoisotopic (exact) mass is 503 g/mol. The van der Waals surface area contributed by atoms with Crippen molar-refractivity contribution in [2.75, 3.05) is 0 Å². The molecule has 0 fully saturated rings. The van der Waals surface area contributed by atoms with Gasteiger partial charge in [-0.05, 0) is 45.9 Å². The third kappa shape index (κ3) is 4.14. The van der Waals surface area contributed by atoms with Gasteiger partial charge in [0.05, 0.1) is 17.8 Å². The van der Waals surface area contributed by atoms with Crippen LogP contribution < -0.4 is 0 Å². The van der Waals surface area contributed by atoms with Crippen LogP contribution in [0.15, 0.2) is 66.2 Å². The number of aromatic nitrogens is 4. The molecule has 0 saturated carbocycles. The Balaban J connectivity index is 1.52. The molecule has 9 heteroatoms. The summed E-state index contributed by atoms with van der Waals surface area (Å²) in [6.45, 7) is 0.691. The van der Waals surface area contributed by atoms with E-state index < -0.39 is 4.92 Å². The second kappa shape index (κ2) is 8.23. The molecular formula is C19H14IN5O2S. The zero-order chi connectivity index (χ0) is 19.5. The van der Waals surface area contributed by atoms with Gasteiger partial charge in [0.15, 0.2) is 5.65 Å². The molecule has 0 radical (unpaired) electrons. The average molecular weight is 503 g/mol. The summed E-state index contributed by atoms with van der Waals surface area (Å²) in [5.74, 6) is 0.647. The normalized spacial score (nSPS) is 11.0. The fourth-order valence-electron chi connectivity index (χ4n) is 2.73. The van der Waals surface area contributed by atoms with Gasteiger partial charge in [-0.2, -0.15) is 0 Å². The van der Waals surface area contributed by atoms with Gasteiger partial charge >= 0.3 is 0 Å². The SMILES string of the molecule is O=[N+]([O-])c1ccc(CSc2ncnc3c2ncn3Cc2ccc(I)cc2)cc1. The maximum atomic E-state index is 10.8. The van der Waals surface area contributed by atoms with E-state index in [2.05, 4.69) is 61.8 Å². The van der Waals surface area contributed by atoms with E-state index in [0.717, 1.165) is 21.8 Å². The summed E-state index contributed by atoms with van der Waals surface area (Å²) < 4.78 is 3.21. The Morgan fingerprint density at radius 2 is 1.71 bits per heavy atom. The zero-order valence-electron chi connectivity index (χ0n) is 14.5. The van der Waals surface area contributed by atoms with Gasteiger partial charge in [-0.25, -0.2) is 15.0 Å². The van der Waals surface area contributed by atoms with Crippen molar-refractivity contribution < 1.29 is 4.92 Å². The lowest BCUT2D eigenvalue weighted by molar-refractivity contribution is -0.384. The summed E-state index contributed by atoms with van der Waals surface area (Å²) in [4.78, 5) is 23.6. The van der Waals surface area contributed by atoms with Crippen molar-refractivity contribution in [2.24, 2.45) is 0 Å². The molecule has 2 aromatic carbocycles. The molecule has 140 valence electrons. The number of nitrogens with zero attached hydrogens (tertiary/aromatic N) is 5. The number of halogens is 1. The Labute approximate surface area is 178 Å². The number of fused-ring (bicyclic) bond motifs is 1. The molecule has 0 unspecified atom stereocenters. The molecule has 0 spiro atoms. The molecule has 2 aromatic heterocycles. The highest BCUT2D eigenvalue weighted by atomic mass is 127. The topological polar surface area (TPSA) is 86.7 Å². The van der Waals surface area contributed by atoms with E-state index in [4.69, 9.17) is 0 Å². The van der Waals surface area contributed by atoms with Crippen LogP contribution in [0.2, 0.25) is 0 Å². The van der Waals surface area contributed by atoms with E-state index in [1.165, 1.54) is 21.3 Å². The molecule has 0 aliphatic heterocycles. The standard InChI is InChI=1S/C19H14IN5O2S/c20-15-5-1-13(2-6-15)9-24-12-23-17-18(24)21-11-22-19(17)28-10-14-3-7-16(8-4-14)25(26)27/h1-8,11-12H,9-10H2. The maximum absolute atomic E-state index is 10.8. The van der Waals surface area contributed by atoms with E-state index in [1.54, 1.807) is 36.5 Å². The quantitative estimate of drug-likeness (QED) is 0.125. The lowest BCUT2D eigenvalue weighted by Gasteiger charge is -2.05. The Morgan fingerprint density at radius 1 is 1.00 bits per heavy atom. The van der Waals surface area contributed by atoms with Gasteiger partial charge < -0.3 is 4.57 Å². The summed E-state index contributed by atoms with van der Waals surface area (Å²) in [6, 6.07) is 14.9. The number of imidazole rings is 1. The molecule has 4 rings (SSSR count). The first-order valence-electron chi connectivity index (χ1n) is 8.36. The number of non-ortho nitro benzene ring substituents is 1. The van der Waals surface area contributed by atoms with Crippen molar-refractivity contribution in [1.82, 2.24) is 19.5 Å². The molecule has 0 atom stereocenters. The Bertz CT molecular complexity index is 1130. The number of rotatable bonds is 6. The summed E-state index contributed by atoms with van der Waals surface area (Å²) in [7, 11) is 0. The first-order valence-corrected chi connectivity index (χ1v) is 10.4. The van der Waals surface area contributed by atoms with E-state index in [-0.39, 0.29) is 5.69 Å². The highest BCUT2D eigenvalue weighted by Gasteiger charge is 2.12. The second-order valence-electron chi connectivity index (χ2n) is 6.06. The average Bonchev–Trinajstić information content (AvgIpc) is 3.12. The minimum atomic E-state index is -0.398. The predicted octanol–water partition coefficient (Wildman–Crippen LogP) is 4.68. The minimum absolute atomic E-state index is 0.0903. The van der Waals surface area contributed by atoms with E-state index in [9.17, 15) is 10.1 Å². The third-order valence-electron chi connectivity index (χ3n) is 4.16. The lowest BCUT2D eigenvalue weighted by atomic mass is 10.2. The predicted molar refractivity (Wildman–Crippen MR) is 116 cm³/mol. The molecule has 2 heterocycles. The van der Waals surface area contributed by atoms with E-state index in [0.29, 0.717) is 12.3 Å². The summed E-state index contributed by atoms with van der Waals surface area (Å²) in [6.07, 6.45) is 3.33. The number of thioether (sulfide) groups is 1. The Morgan fingerprint density at radius 3 is 2.43 bits per heavy atom. The van der Waals surface area contributed by atoms with Crippen LogP contribution in [0.4, 0.5) is 5.69 Å². The van der Waals surface area contributed by atoms with Gasteiger partial charge in [-0.3, -0.25) is 10.1 Å². The molecule has 0 amide bonds.